The van der Waals surface area contributed by atoms with Gasteiger partial charge in [-0.3, -0.25) is 9.59 Å². The predicted molar refractivity (Wildman–Crippen MR) is 112 cm³/mol. The second kappa shape index (κ2) is 8.35. The van der Waals surface area contributed by atoms with Gasteiger partial charge in [-0.25, -0.2) is 8.42 Å². The first-order valence-corrected chi connectivity index (χ1v) is 11.6. The van der Waals surface area contributed by atoms with E-state index >= 15 is 0 Å². The van der Waals surface area contributed by atoms with Crippen molar-refractivity contribution in [3.8, 4) is 5.75 Å². The molecule has 166 valence electrons. The maximum absolute atomic E-state index is 13.2. The fraction of sp³-hybridized carbons (Fsp3) is 0.429. The summed E-state index contributed by atoms with van der Waals surface area (Å²) in [7, 11) is -3.75. The van der Waals surface area contributed by atoms with Crippen LogP contribution in [0.5, 0.6) is 5.75 Å². The Bertz CT molecular complexity index is 1120. The SMILES string of the molecule is Cc1ccc(CNC(=O)C2CCN(S(=O)(=O)c3cc4c(cc3C)NC(=O)CO4)CC2)o1. The molecule has 2 aliphatic rings. The quantitative estimate of drug-likeness (QED) is 0.723. The molecule has 0 unspecified atom stereocenters. The molecular formula is C21H25N3O6S. The lowest BCUT2D eigenvalue weighted by Crippen LogP contribution is -2.43. The van der Waals surface area contributed by atoms with Crippen LogP contribution in [0.3, 0.4) is 0 Å². The molecule has 9 nitrogen and oxygen atoms in total. The fourth-order valence-corrected chi connectivity index (χ4v) is 5.58. The Morgan fingerprint density at radius 2 is 1.97 bits per heavy atom. The van der Waals surface area contributed by atoms with Gasteiger partial charge >= 0.3 is 0 Å². The summed E-state index contributed by atoms with van der Waals surface area (Å²) in [6.07, 6.45) is 0.886. The van der Waals surface area contributed by atoms with Gasteiger partial charge in [0.2, 0.25) is 15.9 Å². The number of nitrogens with one attached hydrogen (secondary N) is 2. The summed E-state index contributed by atoms with van der Waals surface area (Å²) >= 11 is 0. The lowest BCUT2D eigenvalue weighted by molar-refractivity contribution is -0.126. The Morgan fingerprint density at radius 1 is 1.23 bits per heavy atom. The van der Waals surface area contributed by atoms with E-state index < -0.39 is 10.0 Å². The van der Waals surface area contributed by atoms with E-state index in [1.807, 2.05) is 19.1 Å². The number of fused-ring (bicyclic) bond motifs is 1. The molecule has 1 saturated heterocycles. The summed E-state index contributed by atoms with van der Waals surface area (Å²) < 4.78 is 38.7. The number of piperidine rings is 1. The highest BCUT2D eigenvalue weighted by molar-refractivity contribution is 7.89. The zero-order chi connectivity index (χ0) is 22.2. The summed E-state index contributed by atoms with van der Waals surface area (Å²) in [6, 6.07) is 6.73. The number of furan rings is 1. The van der Waals surface area contributed by atoms with E-state index in [-0.39, 0.29) is 42.3 Å². The van der Waals surface area contributed by atoms with Crippen molar-refractivity contribution in [3.63, 3.8) is 0 Å². The molecule has 0 radical (unpaired) electrons. The van der Waals surface area contributed by atoms with Crippen LogP contribution >= 0.6 is 0 Å². The number of nitrogens with zero attached hydrogens (tertiary/aromatic N) is 1. The number of ether oxygens (including phenoxy) is 1. The van der Waals surface area contributed by atoms with Gasteiger partial charge in [-0.05, 0) is 50.5 Å². The second-order valence-electron chi connectivity index (χ2n) is 7.86. The third kappa shape index (κ3) is 4.45. The van der Waals surface area contributed by atoms with Gasteiger partial charge in [-0.15, -0.1) is 0 Å². The van der Waals surface area contributed by atoms with Gasteiger partial charge < -0.3 is 19.8 Å². The molecule has 0 bridgehead atoms. The summed E-state index contributed by atoms with van der Waals surface area (Å²) in [6.45, 7) is 4.21. The molecule has 0 saturated carbocycles. The molecule has 1 fully saturated rings. The van der Waals surface area contributed by atoms with E-state index in [2.05, 4.69) is 10.6 Å². The third-order valence-electron chi connectivity index (χ3n) is 5.59. The van der Waals surface area contributed by atoms with Crippen LogP contribution in [0.15, 0.2) is 33.6 Å². The molecule has 1 aromatic heterocycles. The van der Waals surface area contributed by atoms with Gasteiger partial charge in [0, 0.05) is 25.1 Å². The molecule has 0 aliphatic carbocycles. The third-order valence-corrected chi connectivity index (χ3v) is 7.63. The number of sulfonamides is 1. The van der Waals surface area contributed by atoms with Crippen molar-refractivity contribution < 1.29 is 27.2 Å². The van der Waals surface area contributed by atoms with Crippen LogP contribution in [-0.2, 0) is 26.2 Å². The molecule has 2 aliphatic heterocycles. The summed E-state index contributed by atoms with van der Waals surface area (Å²) in [5.74, 6) is 1.20. The lowest BCUT2D eigenvalue weighted by atomic mass is 9.97. The second-order valence-corrected chi connectivity index (χ2v) is 9.77. The Morgan fingerprint density at radius 3 is 2.65 bits per heavy atom. The van der Waals surface area contributed by atoms with Gasteiger partial charge in [0.05, 0.1) is 17.1 Å². The molecule has 1 aromatic carbocycles. The zero-order valence-corrected chi connectivity index (χ0v) is 18.3. The van der Waals surface area contributed by atoms with Gasteiger partial charge in [0.15, 0.2) is 6.61 Å². The predicted octanol–water partition coefficient (Wildman–Crippen LogP) is 1.94. The minimum atomic E-state index is -3.75. The molecular weight excluding hydrogens is 422 g/mol. The molecule has 2 N–H and O–H groups in total. The molecule has 10 heteroatoms. The first-order chi connectivity index (χ1) is 14.7. The summed E-state index contributed by atoms with van der Waals surface area (Å²) in [4.78, 5) is 24.1. The Balaban J connectivity index is 1.40. The lowest BCUT2D eigenvalue weighted by Gasteiger charge is -2.31. The van der Waals surface area contributed by atoms with Crippen molar-refractivity contribution in [2.45, 2.75) is 38.1 Å². The monoisotopic (exact) mass is 447 g/mol. The van der Waals surface area contributed by atoms with Crippen molar-refractivity contribution >= 4 is 27.5 Å². The standard InChI is InChI=1S/C21H25N3O6S/c1-13-9-17-18(29-12-20(25)23-17)10-19(13)31(27,28)24-7-5-15(6-8-24)21(26)22-11-16-4-3-14(2)30-16/h3-4,9-10,15H,5-8,11-12H2,1-2H3,(H,22,26)(H,23,25). The number of hydrogen-bond donors (Lipinski definition) is 2. The number of anilines is 1. The average molecular weight is 448 g/mol. The Kier molecular flexibility index (Phi) is 5.76. The number of benzene rings is 1. The van der Waals surface area contributed by atoms with E-state index in [1.165, 1.54) is 10.4 Å². The highest BCUT2D eigenvalue weighted by Crippen LogP contribution is 2.35. The minimum Gasteiger partial charge on any atom is -0.482 e. The van der Waals surface area contributed by atoms with Crippen molar-refractivity contribution in [2.24, 2.45) is 5.92 Å². The smallest absolute Gasteiger partial charge is 0.262 e. The van der Waals surface area contributed by atoms with Gasteiger partial charge in [-0.2, -0.15) is 4.31 Å². The summed E-state index contributed by atoms with van der Waals surface area (Å²) in [5, 5.41) is 5.54. The highest BCUT2D eigenvalue weighted by Gasteiger charge is 2.34. The number of carbonyl (C=O) groups excluding carboxylic acids is 2. The molecule has 4 rings (SSSR count). The van der Waals surface area contributed by atoms with Crippen LogP contribution < -0.4 is 15.4 Å². The van der Waals surface area contributed by atoms with Crippen LogP contribution in [0.1, 0.15) is 29.9 Å². The van der Waals surface area contributed by atoms with E-state index in [9.17, 15) is 18.0 Å². The van der Waals surface area contributed by atoms with E-state index in [0.29, 0.717) is 42.1 Å². The van der Waals surface area contributed by atoms with Crippen molar-refractivity contribution in [2.75, 3.05) is 25.0 Å². The number of carbonyl (C=O) groups is 2. The largest absolute Gasteiger partial charge is 0.482 e. The van der Waals surface area contributed by atoms with Crippen LogP contribution in [0.25, 0.3) is 0 Å². The van der Waals surface area contributed by atoms with Gasteiger partial charge in [0.25, 0.3) is 5.91 Å². The zero-order valence-electron chi connectivity index (χ0n) is 17.4. The normalized spacial score (nSPS) is 17.5. The first kappa shape index (κ1) is 21.4. The highest BCUT2D eigenvalue weighted by atomic mass is 32.2. The topological polar surface area (TPSA) is 118 Å². The fourth-order valence-electron chi connectivity index (χ4n) is 3.89. The Labute approximate surface area is 180 Å². The summed E-state index contributed by atoms with van der Waals surface area (Å²) in [5.41, 5.74) is 0.994. The maximum Gasteiger partial charge on any atom is 0.262 e. The van der Waals surface area contributed by atoms with E-state index in [4.69, 9.17) is 9.15 Å². The minimum absolute atomic E-state index is 0.0970. The number of rotatable bonds is 5. The van der Waals surface area contributed by atoms with E-state index in [0.717, 1.165) is 5.76 Å². The molecule has 0 spiro atoms. The number of hydrogen-bond acceptors (Lipinski definition) is 6. The van der Waals surface area contributed by atoms with Crippen LogP contribution in [0.4, 0.5) is 5.69 Å². The average Bonchev–Trinajstić information content (AvgIpc) is 3.16. The van der Waals surface area contributed by atoms with Crippen LogP contribution in [-0.4, -0.2) is 44.2 Å². The first-order valence-electron chi connectivity index (χ1n) is 10.1. The van der Waals surface area contributed by atoms with Crippen LogP contribution in [0, 0.1) is 19.8 Å². The number of amides is 2. The number of aryl methyl sites for hydroxylation is 2. The van der Waals surface area contributed by atoms with Crippen molar-refractivity contribution in [3.05, 3.63) is 41.3 Å². The molecule has 2 amide bonds. The molecule has 0 atom stereocenters. The van der Waals surface area contributed by atoms with Crippen molar-refractivity contribution in [1.82, 2.24) is 9.62 Å². The maximum atomic E-state index is 13.2. The molecule has 2 aromatic rings. The Hall–Kier alpha value is -2.85. The van der Waals surface area contributed by atoms with E-state index in [1.54, 1.807) is 13.0 Å². The van der Waals surface area contributed by atoms with Crippen molar-refractivity contribution in [1.29, 1.82) is 0 Å². The van der Waals surface area contributed by atoms with Crippen LogP contribution in [0.2, 0.25) is 0 Å². The van der Waals surface area contributed by atoms with Gasteiger partial charge in [0.1, 0.15) is 17.3 Å². The van der Waals surface area contributed by atoms with Gasteiger partial charge in [-0.1, -0.05) is 0 Å². The molecule has 31 heavy (non-hydrogen) atoms. The molecule has 3 heterocycles.